The van der Waals surface area contributed by atoms with Crippen LogP contribution in [0.3, 0.4) is 0 Å². The number of amides is 2. The lowest BCUT2D eigenvalue weighted by Gasteiger charge is -2.30. The van der Waals surface area contributed by atoms with E-state index >= 15 is 0 Å². The predicted octanol–water partition coefficient (Wildman–Crippen LogP) is 0.593. The van der Waals surface area contributed by atoms with E-state index in [1.54, 1.807) is 0 Å². The van der Waals surface area contributed by atoms with Crippen molar-refractivity contribution in [3.8, 4) is 11.5 Å². The lowest BCUT2D eigenvalue weighted by Crippen LogP contribution is -2.46. The average molecular weight is 357 g/mol. The summed E-state index contributed by atoms with van der Waals surface area (Å²) in [4.78, 5) is 29.6. The Kier molecular flexibility index (Phi) is 5.96. The van der Waals surface area contributed by atoms with Crippen LogP contribution in [0, 0.1) is 5.92 Å². The second-order valence-corrected chi connectivity index (χ2v) is 6.46. The van der Waals surface area contributed by atoms with Gasteiger partial charge in [-0.15, -0.1) is 0 Å². The molecule has 8 heteroatoms. The molecule has 2 amide bonds. The summed E-state index contributed by atoms with van der Waals surface area (Å²) >= 11 is 0. The van der Waals surface area contributed by atoms with E-state index in [1.165, 1.54) is 0 Å². The summed E-state index contributed by atoms with van der Waals surface area (Å²) in [5.41, 5.74) is 6.10. The summed E-state index contributed by atoms with van der Waals surface area (Å²) in [6, 6.07) is 9.54. The van der Waals surface area contributed by atoms with Crippen molar-refractivity contribution in [2.24, 2.45) is 11.7 Å². The van der Waals surface area contributed by atoms with E-state index in [0.717, 1.165) is 24.9 Å². The first-order valence-corrected chi connectivity index (χ1v) is 8.78. The third-order valence-electron chi connectivity index (χ3n) is 4.39. The van der Waals surface area contributed by atoms with Crippen LogP contribution in [-0.4, -0.2) is 53.0 Å². The number of hydrogen-bond acceptors (Lipinski definition) is 6. The van der Waals surface area contributed by atoms with Crippen molar-refractivity contribution in [1.82, 2.24) is 20.4 Å². The van der Waals surface area contributed by atoms with Gasteiger partial charge in [0.25, 0.3) is 5.89 Å². The van der Waals surface area contributed by atoms with Gasteiger partial charge in [0.2, 0.25) is 11.8 Å². The molecule has 0 spiro atoms. The first-order chi connectivity index (χ1) is 12.6. The third-order valence-corrected chi connectivity index (χ3v) is 4.39. The fraction of sp³-hybridized carbons (Fsp3) is 0.444. The zero-order valence-corrected chi connectivity index (χ0v) is 14.6. The van der Waals surface area contributed by atoms with Crippen molar-refractivity contribution in [1.29, 1.82) is 0 Å². The van der Waals surface area contributed by atoms with Gasteiger partial charge in [-0.2, -0.15) is 4.98 Å². The highest BCUT2D eigenvalue weighted by atomic mass is 16.5. The van der Waals surface area contributed by atoms with Gasteiger partial charge in [-0.25, -0.2) is 0 Å². The molecular weight excluding hydrogens is 334 g/mol. The number of carbonyl (C=O) groups is 2. The van der Waals surface area contributed by atoms with Gasteiger partial charge in [0.05, 0.1) is 12.5 Å². The van der Waals surface area contributed by atoms with Crippen LogP contribution in [0.4, 0.5) is 0 Å². The van der Waals surface area contributed by atoms with Gasteiger partial charge in [-0.05, 0) is 31.5 Å². The lowest BCUT2D eigenvalue weighted by atomic mass is 9.97. The lowest BCUT2D eigenvalue weighted by molar-refractivity contribution is -0.128. The van der Waals surface area contributed by atoms with Gasteiger partial charge in [0.1, 0.15) is 0 Å². The number of piperidine rings is 1. The van der Waals surface area contributed by atoms with Crippen LogP contribution in [0.1, 0.15) is 18.7 Å². The van der Waals surface area contributed by atoms with Crippen LogP contribution in [0.15, 0.2) is 34.9 Å². The van der Waals surface area contributed by atoms with Crippen LogP contribution < -0.4 is 11.1 Å². The highest BCUT2D eigenvalue weighted by molar-refractivity contribution is 5.79. The van der Waals surface area contributed by atoms with Crippen LogP contribution in [-0.2, 0) is 16.0 Å². The molecule has 2 aromatic rings. The number of carbonyl (C=O) groups excluding carboxylic acids is 2. The Balaban J connectivity index is 1.45. The number of hydrogen-bond donors (Lipinski definition) is 2. The summed E-state index contributed by atoms with van der Waals surface area (Å²) in [6.07, 6.45) is 2.21. The molecule has 1 aliphatic heterocycles. The van der Waals surface area contributed by atoms with Crippen LogP contribution in [0.25, 0.3) is 11.5 Å². The highest BCUT2D eigenvalue weighted by Crippen LogP contribution is 2.17. The monoisotopic (exact) mass is 357 g/mol. The SMILES string of the molecule is NC(=O)CN1CCC[C@H](C(=O)NCCc2noc(-c3ccccc3)n2)C1. The average Bonchev–Trinajstić information content (AvgIpc) is 3.11. The molecule has 3 rings (SSSR count). The largest absolute Gasteiger partial charge is 0.369 e. The van der Waals surface area contributed by atoms with Crippen molar-refractivity contribution in [3.63, 3.8) is 0 Å². The summed E-state index contributed by atoms with van der Waals surface area (Å²) in [5, 5.41) is 6.87. The molecule has 1 fully saturated rings. The van der Waals surface area contributed by atoms with Gasteiger partial charge in [0, 0.05) is 25.1 Å². The Hall–Kier alpha value is -2.74. The number of aromatic nitrogens is 2. The Morgan fingerprint density at radius 3 is 2.88 bits per heavy atom. The van der Waals surface area contributed by atoms with Gasteiger partial charge >= 0.3 is 0 Å². The van der Waals surface area contributed by atoms with E-state index in [2.05, 4.69) is 15.5 Å². The molecule has 1 saturated heterocycles. The van der Waals surface area contributed by atoms with Crippen LogP contribution >= 0.6 is 0 Å². The minimum Gasteiger partial charge on any atom is -0.369 e. The van der Waals surface area contributed by atoms with Gasteiger partial charge in [-0.1, -0.05) is 23.4 Å². The van der Waals surface area contributed by atoms with E-state index in [1.807, 2.05) is 35.2 Å². The number of primary amides is 1. The molecule has 1 aliphatic rings. The number of nitrogens with two attached hydrogens (primary N) is 1. The Bertz CT molecular complexity index is 746. The fourth-order valence-corrected chi connectivity index (χ4v) is 3.13. The van der Waals surface area contributed by atoms with Crippen molar-refractivity contribution >= 4 is 11.8 Å². The van der Waals surface area contributed by atoms with Crippen molar-refractivity contribution in [3.05, 3.63) is 36.2 Å². The van der Waals surface area contributed by atoms with E-state index in [0.29, 0.717) is 31.2 Å². The van der Waals surface area contributed by atoms with Gasteiger partial charge in [-0.3, -0.25) is 14.5 Å². The number of nitrogens with zero attached hydrogens (tertiary/aromatic N) is 3. The van der Waals surface area contributed by atoms with E-state index in [9.17, 15) is 9.59 Å². The summed E-state index contributed by atoms with van der Waals surface area (Å²) in [7, 11) is 0. The van der Waals surface area contributed by atoms with Crippen LogP contribution in [0.2, 0.25) is 0 Å². The zero-order chi connectivity index (χ0) is 18.4. The molecule has 2 heterocycles. The Labute approximate surface area is 151 Å². The molecule has 0 radical (unpaired) electrons. The van der Waals surface area contributed by atoms with Gasteiger partial charge in [0.15, 0.2) is 5.82 Å². The summed E-state index contributed by atoms with van der Waals surface area (Å²) < 4.78 is 5.25. The van der Waals surface area contributed by atoms with Crippen molar-refractivity contribution in [2.45, 2.75) is 19.3 Å². The minimum absolute atomic E-state index is 0.00838. The van der Waals surface area contributed by atoms with Crippen molar-refractivity contribution < 1.29 is 14.1 Å². The normalized spacial score (nSPS) is 17.8. The van der Waals surface area contributed by atoms with E-state index in [4.69, 9.17) is 10.3 Å². The molecule has 0 bridgehead atoms. The van der Waals surface area contributed by atoms with E-state index < -0.39 is 0 Å². The maximum absolute atomic E-state index is 12.3. The first-order valence-electron chi connectivity index (χ1n) is 8.78. The number of nitrogens with one attached hydrogen (secondary N) is 1. The fourth-order valence-electron chi connectivity index (χ4n) is 3.13. The molecule has 138 valence electrons. The highest BCUT2D eigenvalue weighted by Gasteiger charge is 2.26. The Morgan fingerprint density at radius 2 is 2.12 bits per heavy atom. The molecule has 3 N–H and O–H groups in total. The van der Waals surface area contributed by atoms with Gasteiger partial charge < -0.3 is 15.6 Å². The molecule has 26 heavy (non-hydrogen) atoms. The van der Waals surface area contributed by atoms with E-state index in [-0.39, 0.29) is 24.3 Å². The quantitative estimate of drug-likeness (QED) is 0.750. The smallest absolute Gasteiger partial charge is 0.257 e. The van der Waals surface area contributed by atoms with Crippen molar-refractivity contribution in [2.75, 3.05) is 26.2 Å². The standard InChI is InChI=1S/C18H23N5O3/c19-15(24)12-23-10-4-7-14(11-23)17(25)20-9-8-16-21-18(26-22-16)13-5-2-1-3-6-13/h1-3,5-6,14H,4,7-12H2,(H2,19,24)(H,20,25)/t14-/m0/s1. The molecule has 0 unspecified atom stereocenters. The second kappa shape index (κ2) is 8.57. The second-order valence-electron chi connectivity index (χ2n) is 6.46. The molecule has 1 aromatic heterocycles. The Morgan fingerprint density at radius 1 is 1.31 bits per heavy atom. The number of rotatable bonds is 7. The molecule has 1 aromatic carbocycles. The number of benzene rings is 1. The maximum Gasteiger partial charge on any atom is 0.257 e. The summed E-state index contributed by atoms with van der Waals surface area (Å²) in [5.74, 6) is 0.543. The zero-order valence-electron chi connectivity index (χ0n) is 14.6. The van der Waals surface area contributed by atoms with Crippen LogP contribution in [0.5, 0.6) is 0 Å². The molecule has 1 atom stereocenters. The maximum atomic E-state index is 12.3. The minimum atomic E-state index is -0.364. The number of likely N-dealkylation sites (tertiary alicyclic amines) is 1. The first kappa shape index (κ1) is 18.1. The molecule has 0 aliphatic carbocycles. The molecular formula is C18H23N5O3. The topological polar surface area (TPSA) is 114 Å². The summed E-state index contributed by atoms with van der Waals surface area (Å²) in [6.45, 7) is 2.01. The third kappa shape index (κ3) is 4.89. The molecule has 8 nitrogen and oxygen atoms in total. The molecule has 0 saturated carbocycles. The predicted molar refractivity (Wildman–Crippen MR) is 94.8 cm³/mol.